The second-order valence-electron chi connectivity index (χ2n) is 4.92. The molecule has 5 heteroatoms. The Hall–Kier alpha value is -1.75. The molecule has 1 aromatic carbocycles. The van der Waals surface area contributed by atoms with Crippen molar-refractivity contribution in [1.29, 1.82) is 0 Å². The first-order valence-electron chi connectivity index (χ1n) is 6.98. The molecule has 0 aliphatic heterocycles. The molecule has 1 unspecified atom stereocenters. The zero-order chi connectivity index (χ0) is 15.0. The van der Waals surface area contributed by atoms with Crippen LogP contribution in [0.15, 0.2) is 24.3 Å². The summed E-state index contributed by atoms with van der Waals surface area (Å²) >= 11 is 0. The van der Waals surface area contributed by atoms with Gasteiger partial charge in [0.15, 0.2) is 0 Å². The molecule has 0 aliphatic rings. The summed E-state index contributed by atoms with van der Waals surface area (Å²) in [5.74, 6) is 0.990. The Bertz CT molecular complexity index is 421. The van der Waals surface area contributed by atoms with Crippen LogP contribution in [0.1, 0.15) is 27.2 Å². The average Bonchev–Trinajstić information content (AvgIpc) is 2.38. The van der Waals surface area contributed by atoms with E-state index < -0.39 is 0 Å². The van der Waals surface area contributed by atoms with Crippen LogP contribution in [0.5, 0.6) is 5.75 Å². The number of aliphatic hydroxyl groups excluding tert-OH is 1. The van der Waals surface area contributed by atoms with Crippen LogP contribution in [0.3, 0.4) is 0 Å². The van der Waals surface area contributed by atoms with Crippen molar-refractivity contribution in [3.63, 3.8) is 0 Å². The zero-order valence-corrected chi connectivity index (χ0v) is 12.3. The Morgan fingerprint density at radius 2 is 2.15 bits per heavy atom. The van der Waals surface area contributed by atoms with Crippen molar-refractivity contribution >= 4 is 11.7 Å². The molecular formula is C15H24N2O3. The van der Waals surface area contributed by atoms with E-state index in [1.165, 1.54) is 0 Å². The highest BCUT2D eigenvalue weighted by Gasteiger charge is 2.15. The molecule has 0 aromatic heterocycles. The van der Waals surface area contributed by atoms with E-state index in [1.54, 1.807) is 12.1 Å². The van der Waals surface area contributed by atoms with E-state index in [0.29, 0.717) is 18.7 Å². The number of carbonyl (C=O) groups excluding carboxylic acids is 1. The molecule has 0 saturated heterocycles. The molecule has 20 heavy (non-hydrogen) atoms. The maximum atomic E-state index is 11.9. The second-order valence-corrected chi connectivity index (χ2v) is 4.92. The SMILES string of the molecule is CCOc1cccc(NC(=O)NC(CCO)C(C)C)c1. The number of aliphatic hydroxyl groups is 1. The van der Waals surface area contributed by atoms with E-state index in [1.807, 2.05) is 32.9 Å². The van der Waals surface area contributed by atoms with Gasteiger partial charge in [0.2, 0.25) is 0 Å². The number of urea groups is 1. The summed E-state index contributed by atoms with van der Waals surface area (Å²) in [4.78, 5) is 11.9. The standard InChI is InChI=1S/C15H24N2O3/c1-4-20-13-7-5-6-12(10-13)16-15(19)17-14(8-9-18)11(2)3/h5-7,10-11,14,18H,4,8-9H2,1-3H3,(H2,16,17,19). The van der Waals surface area contributed by atoms with Crippen LogP contribution in [0.2, 0.25) is 0 Å². The van der Waals surface area contributed by atoms with E-state index in [0.717, 1.165) is 5.75 Å². The number of rotatable bonds is 7. The Labute approximate surface area is 120 Å². The molecule has 0 aliphatic carbocycles. The number of hydrogen-bond acceptors (Lipinski definition) is 3. The largest absolute Gasteiger partial charge is 0.494 e. The fraction of sp³-hybridized carbons (Fsp3) is 0.533. The van der Waals surface area contributed by atoms with Crippen LogP contribution in [-0.2, 0) is 0 Å². The molecule has 0 radical (unpaired) electrons. The van der Waals surface area contributed by atoms with Crippen LogP contribution in [0.25, 0.3) is 0 Å². The van der Waals surface area contributed by atoms with Gasteiger partial charge in [-0.25, -0.2) is 4.79 Å². The van der Waals surface area contributed by atoms with Gasteiger partial charge in [0.05, 0.1) is 6.61 Å². The summed E-state index contributed by atoms with van der Waals surface area (Å²) in [6, 6.07) is 6.93. The Balaban J connectivity index is 2.58. The van der Waals surface area contributed by atoms with Crippen LogP contribution in [-0.4, -0.2) is 30.4 Å². The molecule has 1 atom stereocenters. The maximum absolute atomic E-state index is 11.9. The molecule has 0 spiro atoms. The highest BCUT2D eigenvalue weighted by Crippen LogP contribution is 2.17. The molecular weight excluding hydrogens is 256 g/mol. The zero-order valence-electron chi connectivity index (χ0n) is 12.3. The molecule has 1 rings (SSSR count). The molecule has 2 amide bonds. The summed E-state index contributed by atoms with van der Waals surface area (Å²) in [6.45, 7) is 6.58. The van der Waals surface area contributed by atoms with E-state index in [9.17, 15) is 4.79 Å². The van der Waals surface area contributed by atoms with Gasteiger partial charge in [-0.05, 0) is 31.4 Å². The number of carbonyl (C=O) groups is 1. The number of nitrogens with one attached hydrogen (secondary N) is 2. The van der Waals surface area contributed by atoms with Crippen molar-refractivity contribution < 1.29 is 14.6 Å². The predicted molar refractivity (Wildman–Crippen MR) is 80.1 cm³/mol. The third-order valence-corrected chi connectivity index (χ3v) is 2.96. The summed E-state index contributed by atoms with van der Waals surface area (Å²) in [7, 11) is 0. The lowest BCUT2D eigenvalue weighted by Gasteiger charge is -2.21. The average molecular weight is 280 g/mol. The van der Waals surface area contributed by atoms with Gasteiger partial charge in [0, 0.05) is 24.4 Å². The van der Waals surface area contributed by atoms with Gasteiger partial charge in [-0.3, -0.25) is 0 Å². The number of ether oxygens (including phenoxy) is 1. The fourth-order valence-corrected chi connectivity index (χ4v) is 1.88. The number of anilines is 1. The fourth-order valence-electron chi connectivity index (χ4n) is 1.88. The van der Waals surface area contributed by atoms with Crippen molar-refractivity contribution in [2.24, 2.45) is 5.92 Å². The Kier molecular flexibility index (Phi) is 6.87. The van der Waals surface area contributed by atoms with Gasteiger partial charge in [0.1, 0.15) is 5.75 Å². The Morgan fingerprint density at radius 1 is 1.40 bits per heavy atom. The van der Waals surface area contributed by atoms with Crippen LogP contribution in [0.4, 0.5) is 10.5 Å². The summed E-state index contributed by atoms with van der Waals surface area (Å²) in [6.07, 6.45) is 0.546. The third-order valence-electron chi connectivity index (χ3n) is 2.96. The van der Waals surface area contributed by atoms with Gasteiger partial charge in [-0.15, -0.1) is 0 Å². The van der Waals surface area contributed by atoms with Crippen molar-refractivity contribution in [1.82, 2.24) is 5.32 Å². The first-order valence-corrected chi connectivity index (χ1v) is 6.98. The lowest BCUT2D eigenvalue weighted by atomic mass is 10.0. The summed E-state index contributed by atoms with van der Waals surface area (Å²) in [5.41, 5.74) is 0.681. The molecule has 5 nitrogen and oxygen atoms in total. The van der Waals surface area contributed by atoms with Gasteiger partial charge >= 0.3 is 6.03 Å². The van der Waals surface area contributed by atoms with Crippen LogP contribution >= 0.6 is 0 Å². The van der Waals surface area contributed by atoms with Crippen molar-refractivity contribution in [3.8, 4) is 5.75 Å². The van der Waals surface area contributed by atoms with Crippen LogP contribution in [0, 0.1) is 5.92 Å². The van der Waals surface area contributed by atoms with Crippen molar-refractivity contribution in [2.75, 3.05) is 18.5 Å². The molecule has 1 aromatic rings. The normalized spacial score (nSPS) is 12.1. The minimum absolute atomic E-state index is 0.0462. The van der Waals surface area contributed by atoms with Crippen molar-refractivity contribution in [3.05, 3.63) is 24.3 Å². The molecule has 0 heterocycles. The molecule has 0 bridgehead atoms. The lowest BCUT2D eigenvalue weighted by Crippen LogP contribution is -2.41. The minimum Gasteiger partial charge on any atom is -0.494 e. The number of hydrogen-bond donors (Lipinski definition) is 3. The molecule has 3 N–H and O–H groups in total. The van der Waals surface area contributed by atoms with Gasteiger partial charge in [0.25, 0.3) is 0 Å². The molecule has 112 valence electrons. The summed E-state index contributed by atoms with van der Waals surface area (Å²) < 4.78 is 5.38. The van der Waals surface area contributed by atoms with Crippen molar-refractivity contribution in [2.45, 2.75) is 33.2 Å². The maximum Gasteiger partial charge on any atom is 0.319 e. The lowest BCUT2D eigenvalue weighted by molar-refractivity contribution is 0.227. The van der Waals surface area contributed by atoms with E-state index in [4.69, 9.17) is 9.84 Å². The smallest absolute Gasteiger partial charge is 0.319 e. The topological polar surface area (TPSA) is 70.6 Å². The number of amides is 2. The van der Waals surface area contributed by atoms with E-state index in [-0.39, 0.29) is 24.6 Å². The quantitative estimate of drug-likeness (QED) is 0.719. The monoisotopic (exact) mass is 280 g/mol. The van der Waals surface area contributed by atoms with Gasteiger partial charge in [-0.2, -0.15) is 0 Å². The first-order chi connectivity index (χ1) is 9.56. The molecule has 0 fully saturated rings. The summed E-state index contributed by atoms with van der Waals surface area (Å²) in [5, 5.41) is 14.6. The highest BCUT2D eigenvalue weighted by atomic mass is 16.5. The van der Waals surface area contributed by atoms with E-state index >= 15 is 0 Å². The van der Waals surface area contributed by atoms with Gasteiger partial charge < -0.3 is 20.5 Å². The van der Waals surface area contributed by atoms with Crippen LogP contribution < -0.4 is 15.4 Å². The van der Waals surface area contributed by atoms with E-state index in [2.05, 4.69) is 10.6 Å². The Morgan fingerprint density at radius 3 is 2.75 bits per heavy atom. The second kappa shape index (κ2) is 8.43. The number of benzene rings is 1. The molecule has 0 saturated carbocycles. The van der Waals surface area contributed by atoms with Gasteiger partial charge in [-0.1, -0.05) is 19.9 Å². The highest BCUT2D eigenvalue weighted by molar-refractivity contribution is 5.89. The third kappa shape index (κ3) is 5.48. The predicted octanol–water partition coefficient (Wildman–Crippen LogP) is 2.61. The minimum atomic E-state index is -0.272. The first kappa shape index (κ1) is 16.3.